The summed E-state index contributed by atoms with van der Waals surface area (Å²) in [6, 6.07) is 12.0. The van der Waals surface area contributed by atoms with E-state index in [-0.39, 0.29) is 0 Å². The fourth-order valence-electron chi connectivity index (χ4n) is 1.91. The lowest BCUT2D eigenvalue weighted by molar-refractivity contribution is 0.112. The third-order valence-corrected chi connectivity index (χ3v) is 3.20. The molecule has 0 saturated carbocycles. The van der Waals surface area contributed by atoms with Gasteiger partial charge in [0, 0.05) is 0 Å². The Morgan fingerprint density at radius 2 is 1.61 bits per heavy atom. The Morgan fingerprint density at radius 1 is 0.944 bits per heavy atom. The van der Waals surface area contributed by atoms with Crippen molar-refractivity contribution in [2.24, 2.45) is 0 Å². The second kappa shape index (κ2) is 5.05. The Hall–Kier alpha value is -2.09. The van der Waals surface area contributed by atoms with E-state index in [4.69, 9.17) is 4.74 Å². The average Bonchev–Trinajstić information content (AvgIpc) is 2.41. The number of methoxy groups -OCH3 is 1. The molecule has 0 aliphatic carbocycles. The SMILES string of the molecule is COc1cc(-c2ccc(C)c(C)c2)ccc1C=O. The van der Waals surface area contributed by atoms with Gasteiger partial charge in [-0.2, -0.15) is 0 Å². The van der Waals surface area contributed by atoms with Crippen molar-refractivity contribution in [3.8, 4) is 16.9 Å². The Bertz CT molecular complexity index is 586. The molecule has 0 radical (unpaired) electrons. The number of aldehydes is 1. The number of benzene rings is 2. The Labute approximate surface area is 107 Å². The second-order valence-electron chi connectivity index (χ2n) is 4.37. The first-order valence-electron chi connectivity index (χ1n) is 5.86. The molecule has 0 fully saturated rings. The molecular weight excluding hydrogens is 224 g/mol. The summed E-state index contributed by atoms with van der Waals surface area (Å²) >= 11 is 0. The van der Waals surface area contributed by atoms with Gasteiger partial charge in [0.15, 0.2) is 6.29 Å². The lowest BCUT2D eigenvalue weighted by atomic mass is 9.99. The van der Waals surface area contributed by atoms with Crippen molar-refractivity contribution in [1.29, 1.82) is 0 Å². The monoisotopic (exact) mass is 240 g/mol. The zero-order chi connectivity index (χ0) is 13.1. The Morgan fingerprint density at radius 3 is 2.22 bits per heavy atom. The van der Waals surface area contributed by atoms with Crippen LogP contribution in [-0.4, -0.2) is 13.4 Å². The number of carbonyl (C=O) groups excluding carboxylic acids is 1. The van der Waals surface area contributed by atoms with Gasteiger partial charge in [0.1, 0.15) is 5.75 Å². The van der Waals surface area contributed by atoms with Crippen LogP contribution in [0.2, 0.25) is 0 Å². The molecule has 0 heterocycles. The van der Waals surface area contributed by atoms with E-state index in [0.29, 0.717) is 11.3 Å². The molecule has 2 rings (SSSR count). The van der Waals surface area contributed by atoms with E-state index in [2.05, 4.69) is 32.0 Å². The highest BCUT2D eigenvalue weighted by Crippen LogP contribution is 2.27. The summed E-state index contributed by atoms with van der Waals surface area (Å²) in [6.45, 7) is 4.19. The van der Waals surface area contributed by atoms with Crippen molar-refractivity contribution in [1.82, 2.24) is 0 Å². The first-order chi connectivity index (χ1) is 8.65. The van der Waals surface area contributed by atoms with Crippen LogP contribution in [0.15, 0.2) is 36.4 Å². The zero-order valence-electron chi connectivity index (χ0n) is 10.9. The molecule has 0 spiro atoms. The summed E-state index contributed by atoms with van der Waals surface area (Å²) in [4.78, 5) is 10.9. The molecule has 0 unspecified atom stereocenters. The highest BCUT2D eigenvalue weighted by atomic mass is 16.5. The van der Waals surface area contributed by atoms with Gasteiger partial charge in [0.2, 0.25) is 0 Å². The summed E-state index contributed by atoms with van der Waals surface area (Å²) in [7, 11) is 1.58. The molecule has 2 nitrogen and oxygen atoms in total. The molecule has 0 N–H and O–H groups in total. The van der Waals surface area contributed by atoms with Crippen LogP contribution in [0, 0.1) is 13.8 Å². The lowest BCUT2D eigenvalue weighted by Gasteiger charge is -2.09. The quantitative estimate of drug-likeness (QED) is 0.763. The molecule has 0 aromatic heterocycles. The standard InChI is InChI=1S/C16H16O2/c1-11-4-5-13(8-12(11)2)14-6-7-15(10-17)16(9-14)18-3/h4-10H,1-3H3. The van der Waals surface area contributed by atoms with Crippen molar-refractivity contribution in [3.63, 3.8) is 0 Å². The van der Waals surface area contributed by atoms with Gasteiger partial charge < -0.3 is 4.74 Å². The van der Waals surface area contributed by atoms with Crippen molar-refractivity contribution in [2.75, 3.05) is 7.11 Å². The lowest BCUT2D eigenvalue weighted by Crippen LogP contribution is -1.91. The molecule has 0 bridgehead atoms. The predicted molar refractivity (Wildman–Crippen MR) is 73.3 cm³/mol. The fraction of sp³-hybridized carbons (Fsp3) is 0.188. The normalized spacial score (nSPS) is 10.2. The van der Waals surface area contributed by atoms with E-state index in [1.165, 1.54) is 11.1 Å². The van der Waals surface area contributed by atoms with Gasteiger partial charge in [0.25, 0.3) is 0 Å². The van der Waals surface area contributed by atoms with E-state index < -0.39 is 0 Å². The molecule has 0 amide bonds. The van der Waals surface area contributed by atoms with Crippen LogP contribution in [0.1, 0.15) is 21.5 Å². The second-order valence-corrected chi connectivity index (χ2v) is 4.37. The molecule has 18 heavy (non-hydrogen) atoms. The molecule has 92 valence electrons. The zero-order valence-corrected chi connectivity index (χ0v) is 10.9. The minimum atomic E-state index is 0.574. The van der Waals surface area contributed by atoms with Gasteiger partial charge in [0.05, 0.1) is 12.7 Å². The first kappa shape index (κ1) is 12.4. The smallest absolute Gasteiger partial charge is 0.153 e. The van der Waals surface area contributed by atoms with Gasteiger partial charge in [-0.3, -0.25) is 4.79 Å². The topological polar surface area (TPSA) is 26.3 Å². The highest BCUT2D eigenvalue weighted by Gasteiger charge is 2.05. The van der Waals surface area contributed by atoms with Gasteiger partial charge in [-0.15, -0.1) is 0 Å². The average molecular weight is 240 g/mol. The van der Waals surface area contributed by atoms with E-state index in [9.17, 15) is 4.79 Å². The van der Waals surface area contributed by atoms with Crippen LogP contribution in [0.4, 0.5) is 0 Å². The number of ether oxygens (including phenoxy) is 1. The van der Waals surface area contributed by atoms with Crippen LogP contribution in [0.5, 0.6) is 5.75 Å². The van der Waals surface area contributed by atoms with E-state index in [0.717, 1.165) is 17.4 Å². The third kappa shape index (κ3) is 2.28. The van der Waals surface area contributed by atoms with Gasteiger partial charge in [-0.25, -0.2) is 0 Å². The Balaban J connectivity index is 2.50. The minimum absolute atomic E-state index is 0.574. The van der Waals surface area contributed by atoms with Crippen LogP contribution in [0.3, 0.4) is 0 Å². The van der Waals surface area contributed by atoms with Crippen LogP contribution < -0.4 is 4.74 Å². The van der Waals surface area contributed by atoms with Gasteiger partial charge in [-0.05, 0) is 48.2 Å². The highest BCUT2D eigenvalue weighted by molar-refractivity contribution is 5.82. The first-order valence-corrected chi connectivity index (χ1v) is 5.86. The van der Waals surface area contributed by atoms with E-state index >= 15 is 0 Å². The molecule has 2 heteroatoms. The molecule has 0 aliphatic rings. The van der Waals surface area contributed by atoms with E-state index in [1.807, 2.05) is 12.1 Å². The van der Waals surface area contributed by atoms with Crippen LogP contribution in [0.25, 0.3) is 11.1 Å². The molecule has 0 aliphatic heterocycles. The summed E-state index contributed by atoms with van der Waals surface area (Å²) in [6.07, 6.45) is 0.809. The summed E-state index contributed by atoms with van der Waals surface area (Å²) in [5.74, 6) is 0.612. The maximum absolute atomic E-state index is 10.9. The molecule has 0 atom stereocenters. The Kier molecular flexibility index (Phi) is 3.47. The van der Waals surface area contributed by atoms with E-state index in [1.54, 1.807) is 13.2 Å². The molecule has 2 aromatic carbocycles. The molecule has 2 aromatic rings. The minimum Gasteiger partial charge on any atom is -0.496 e. The number of hydrogen-bond acceptors (Lipinski definition) is 2. The maximum atomic E-state index is 10.9. The van der Waals surface area contributed by atoms with Gasteiger partial charge in [-0.1, -0.05) is 24.3 Å². The predicted octanol–water partition coefficient (Wildman–Crippen LogP) is 3.79. The number of aryl methyl sites for hydroxylation is 2. The summed E-state index contributed by atoms with van der Waals surface area (Å²) < 4.78 is 5.22. The molecular formula is C16H16O2. The van der Waals surface area contributed by atoms with Crippen LogP contribution >= 0.6 is 0 Å². The van der Waals surface area contributed by atoms with Crippen molar-refractivity contribution in [3.05, 3.63) is 53.1 Å². The summed E-state index contributed by atoms with van der Waals surface area (Å²) in [5, 5.41) is 0. The van der Waals surface area contributed by atoms with Crippen molar-refractivity contribution >= 4 is 6.29 Å². The van der Waals surface area contributed by atoms with Crippen LogP contribution in [-0.2, 0) is 0 Å². The van der Waals surface area contributed by atoms with Crippen molar-refractivity contribution in [2.45, 2.75) is 13.8 Å². The largest absolute Gasteiger partial charge is 0.496 e. The summed E-state index contributed by atoms with van der Waals surface area (Å²) in [5.41, 5.74) is 5.29. The fourth-order valence-corrected chi connectivity index (χ4v) is 1.91. The maximum Gasteiger partial charge on any atom is 0.153 e. The number of rotatable bonds is 3. The number of hydrogen-bond donors (Lipinski definition) is 0. The molecule has 0 saturated heterocycles. The van der Waals surface area contributed by atoms with Gasteiger partial charge >= 0.3 is 0 Å². The van der Waals surface area contributed by atoms with Crippen molar-refractivity contribution < 1.29 is 9.53 Å². The number of carbonyl (C=O) groups is 1. The third-order valence-electron chi connectivity index (χ3n) is 3.20.